The summed E-state index contributed by atoms with van der Waals surface area (Å²) in [5.74, 6) is -1.07. The molecule has 0 saturated heterocycles. The number of ether oxygens (including phenoxy) is 2. The molecule has 32 heavy (non-hydrogen) atoms. The molecule has 3 N–H and O–H groups in total. The van der Waals surface area contributed by atoms with Crippen molar-refractivity contribution in [3.63, 3.8) is 0 Å². The van der Waals surface area contributed by atoms with Crippen LogP contribution in [-0.2, 0) is 22.7 Å². The third-order valence-electron chi connectivity index (χ3n) is 5.25. The number of nitrogens with one attached hydrogen (secondary N) is 1. The van der Waals surface area contributed by atoms with Crippen LogP contribution in [-0.4, -0.2) is 23.1 Å². The zero-order chi connectivity index (χ0) is 22.4. The molecule has 5 nitrogen and oxygen atoms in total. The van der Waals surface area contributed by atoms with E-state index in [1.807, 2.05) is 91.9 Å². The van der Waals surface area contributed by atoms with Gasteiger partial charge in [0.25, 0.3) is 0 Å². The molecule has 162 valence electrons. The van der Waals surface area contributed by atoms with Crippen molar-refractivity contribution in [3.8, 4) is 0 Å². The van der Waals surface area contributed by atoms with E-state index in [4.69, 9.17) is 9.47 Å². The van der Waals surface area contributed by atoms with Gasteiger partial charge in [-0.15, -0.1) is 0 Å². The average Bonchev–Trinajstić information content (AvgIpc) is 2.82. The zero-order valence-corrected chi connectivity index (χ0v) is 17.9. The maximum atomic E-state index is 9.41. The molecule has 4 rings (SSSR count). The molecule has 4 aromatic rings. The van der Waals surface area contributed by atoms with Gasteiger partial charge in [0.05, 0.1) is 13.2 Å². The molecule has 0 amide bonds. The van der Waals surface area contributed by atoms with Gasteiger partial charge in [-0.25, -0.2) is 0 Å². The summed E-state index contributed by atoms with van der Waals surface area (Å²) in [4.78, 5) is 0. The van der Waals surface area contributed by atoms with Crippen molar-refractivity contribution < 1.29 is 19.5 Å². The number of anilines is 1. The lowest BCUT2D eigenvalue weighted by Gasteiger charge is -2.32. The molecule has 0 radical (unpaired) electrons. The van der Waals surface area contributed by atoms with E-state index in [2.05, 4.69) is 5.32 Å². The van der Waals surface area contributed by atoms with Gasteiger partial charge in [-0.05, 0) is 39.5 Å². The lowest BCUT2D eigenvalue weighted by atomic mass is 9.79. The van der Waals surface area contributed by atoms with Gasteiger partial charge in [0.1, 0.15) is 0 Å². The topological polar surface area (TPSA) is 71.0 Å². The van der Waals surface area contributed by atoms with Crippen LogP contribution in [0.5, 0.6) is 0 Å². The fraction of sp³-hybridized carbons (Fsp3) is 0.154. The number of rotatable bonds is 9. The Morgan fingerprint density at radius 3 is 1.81 bits per heavy atom. The number of fused-ring (bicyclic) bond motifs is 1. The highest BCUT2D eigenvalue weighted by molar-refractivity contribution is 6.58. The number of benzene rings is 4. The third kappa shape index (κ3) is 5.75. The summed E-state index contributed by atoms with van der Waals surface area (Å²) in [6.07, 6.45) is 0. The van der Waals surface area contributed by atoms with Gasteiger partial charge in [-0.2, -0.15) is 0 Å². The highest BCUT2D eigenvalue weighted by atomic mass is 16.7. The van der Waals surface area contributed by atoms with E-state index in [-0.39, 0.29) is 0 Å². The summed E-state index contributed by atoms with van der Waals surface area (Å²) in [5, 5.41) is 24.1. The highest BCUT2D eigenvalue weighted by Crippen LogP contribution is 2.25. The number of hydrogen-bond acceptors (Lipinski definition) is 5. The van der Waals surface area contributed by atoms with Crippen LogP contribution in [0, 0.1) is 0 Å². The van der Waals surface area contributed by atoms with Crippen LogP contribution in [0.25, 0.3) is 10.8 Å². The van der Waals surface area contributed by atoms with Gasteiger partial charge < -0.3 is 24.8 Å². The van der Waals surface area contributed by atoms with E-state index in [9.17, 15) is 10.0 Å². The van der Waals surface area contributed by atoms with Crippen LogP contribution < -0.4 is 10.8 Å². The first-order valence-electron chi connectivity index (χ1n) is 10.5. The molecular formula is C26H26BNO4. The normalized spacial score (nSPS) is 11.5. The van der Waals surface area contributed by atoms with Crippen LogP contribution in [0.15, 0.2) is 97.1 Å². The Kier molecular flexibility index (Phi) is 6.88. The Balaban J connectivity index is 1.54. The SMILES string of the molecule is CC(Nc1ccc2cc(B(O)O)ccc2c1)(OCc1ccccc1)OCc1ccccc1. The highest BCUT2D eigenvalue weighted by Gasteiger charge is 2.26. The second-order valence-corrected chi connectivity index (χ2v) is 7.81. The first-order valence-corrected chi connectivity index (χ1v) is 10.5. The molecule has 0 saturated carbocycles. The quantitative estimate of drug-likeness (QED) is 0.278. The zero-order valence-electron chi connectivity index (χ0n) is 17.9. The van der Waals surface area contributed by atoms with E-state index in [0.29, 0.717) is 18.7 Å². The molecule has 0 spiro atoms. The second-order valence-electron chi connectivity index (χ2n) is 7.81. The average molecular weight is 427 g/mol. The first kappa shape index (κ1) is 22.1. The van der Waals surface area contributed by atoms with Crippen molar-refractivity contribution in [1.82, 2.24) is 0 Å². The molecule has 4 aromatic carbocycles. The molecule has 0 aromatic heterocycles. The predicted octanol–water partition coefficient (Wildman–Crippen LogP) is 4.04. The summed E-state index contributed by atoms with van der Waals surface area (Å²) < 4.78 is 12.4. The maximum absolute atomic E-state index is 9.41. The summed E-state index contributed by atoms with van der Waals surface area (Å²) in [6.45, 7) is 2.66. The second kappa shape index (κ2) is 9.98. The molecular weight excluding hydrogens is 401 g/mol. The lowest BCUT2D eigenvalue weighted by Crippen LogP contribution is -2.40. The molecule has 0 aliphatic heterocycles. The van der Waals surface area contributed by atoms with Crippen LogP contribution in [0.4, 0.5) is 5.69 Å². The minimum atomic E-state index is -1.49. The molecule has 0 heterocycles. The standard InChI is InChI=1S/C26H26BNO4/c1-26(31-18-20-8-4-2-5-9-20,32-19-21-10-6-3-7-11-21)28-25-15-13-22-16-24(27(29)30)14-12-23(22)17-25/h2-17,28-30H,18-19H2,1H3. The van der Waals surface area contributed by atoms with E-state index in [1.54, 1.807) is 12.1 Å². The summed E-state index contributed by atoms with van der Waals surface area (Å²) >= 11 is 0. The molecule has 0 aliphatic rings. The largest absolute Gasteiger partial charge is 0.488 e. The molecule has 0 bridgehead atoms. The van der Waals surface area contributed by atoms with Crippen molar-refractivity contribution in [1.29, 1.82) is 0 Å². The van der Waals surface area contributed by atoms with Crippen LogP contribution in [0.2, 0.25) is 0 Å². The Bertz CT molecular complexity index is 1110. The van der Waals surface area contributed by atoms with E-state index >= 15 is 0 Å². The number of hydrogen-bond donors (Lipinski definition) is 3. The minimum Gasteiger partial charge on any atom is -0.423 e. The maximum Gasteiger partial charge on any atom is 0.488 e. The lowest BCUT2D eigenvalue weighted by molar-refractivity contribution is -0.219. The van der Waals surface area contributed by atoms with Crippen LogP contribution >= 0.6 is 0 Å². The van der Waals surface area contributed by atoms with Gasteiger partial charge >= 0.3 is 7.12 Å². The molecule has 0 unspecified atom stereocenters. The Morgan fingerprint density at radius 2 is 1.25 bits per heavy atom. The Hall–Kier alpha value is -3.16. The fourth-order valence-corrected chi connectivity index (χ4v) is 3.47. The smallest absolute Gasteiger partial charge is 0.423 e. The molecule has 6 heteroatoms. The van der Waals surface area contributed by atoms with Crippen LogP contribution in [0.1, 0.15) is 18.1 Å². The van der Waals surface area contributed by atoms with E-state index in [1.165, 1.54) is 0 Å². The summed E-state index contributed by atoms with van der Waals surface area (Å²) in [6, 6.07) is 31.1. The van der Waals surface area contributed by atoms with Gasteiger partial charge in [0.2, 0.25) is 5.91 Å². The van der Waals surface area contributed by atoms with Crippen molar-refractivity contribution in [2.75, 3.05) is 5.32 Å². The summed E-state index contributed by atoms with van der Waals surface area (Å²) in [5.41, 5.74) is 3.40. The van der Waals surface area contributed by atoms with Crippen LogP contribution in [0.3, 0.4) is 0 Å². The first-order chi connectivity index (χ1) is 15.5. The van der Waals surface area contributed by atoms with Crippen molar-refractivity contribution in [3.05, 3.63) is 108 Å². The van der Waals surface area contributed by atoms with Crippen molar-refractivity contribution in [2.45, 2.75) is 26.0 Å². The Labute approximate surface area is 188 Å². The van der Waals surface area contributed by atoms with Gasteiger partial charge in [-0.1, -0.05) is 84.9 Å². The minimum absolute atomic E-state index is 0.393. The van der Waals surface area contributed by atoms with Gasteiger partial charge in [0, 0.05) is 12.6 Å². The molecule has 0 fully saturated rings. The predicted molar refractivity (Wildman–Crippen MR) is 128 cm³/mol. The fourth-order valence-electron chi connectivity index (χ4n) is 3.47. The van der Waals surface area contributed by atoms with Crippen molar-refractivity contribution in [2.24, 2.45) is 0 Å². The van der Waals surface area contributed by atoms with Gasteiger partial charge in [-0.3, -0.25) is 0 Å². The van der Waals surface area contributed by atoms with E-state index in [0.717, 1.165) is 27.6 Å². The monoisotopic (exact) mass is 427 g/mol. The summed E-state index contributed by atoms with van der Waals surface area (Å²) in [7, 11) is -1.49. The third-order valence-corrected chi connectivity index (χ3v) is 5.25. The van der Waals surface area contributed by atoms with E-state index < -0.39 is 13.0 Å². The van der Waals surface area contributed by atoms with Gasteiger partial charge in [0.15, 0.2) is 0 Å². The Morgan fingerprint density at radius 1 is 0.719 bits per heavy atom. The molecule has 0 atom stereocenters. The molecule has 0 aliphatic carbocycles. The van der Waals surface area contributed by atoms with Crippen molar-refractivity contribution >= 4 is 29.0 Å².